The summed E-state index contributed by atoms with van der Waals surface area (Å²) in [4.78, 5) is 37.6. The Hall–Kier alpha value is -2.77. The molecule has 8 nitrogen and oxygen atoms in total. The number of carbonyl (C=O) groups is 3. The van der Waals surface area contributed by atoms with Gasteiger partial charge < -0.3 is 24.8 Å². The number of rotatable bonds is 6. The number of hydrogen-bond acceptors (Lipinski definition) is 6. The molecule has 136 valence electrons. The summed E-state index contributed by atoms with van der Waals surface area (Å²) in [6.07, 6.45) is 2.13. The quantitative estimate of drug-likeness (QED) is 0.758. The van der Waals surface area contributed by atoms with Crippen molar-refractivity contribution in [1.29, 1.82) is 0 Å². The van der Waals surface area contributed by atoms with Gasteiger partial charge >= 0.3 is 5.97 Å². The van der Waals surface area contributed by atoms with Gasteiger partial charge in [0.15, 0.2) is 6.61 Å². The fourth-order valence-electron chi connectivity index (χ4n) is 2.86. The van der Waals surface area contributed by atoms with Gasteiger partial charge in [0.2, 0.25) is 5.91 Å². The minimum Gasteiger partial charge on any atom is -0.496 e. The van der Waals surface area contributed by atoms with Gasteiger partial charge in [-0.25, -0.2) is 4.79 Å². The molecule has 0 aliphatic carbocycles. The predicted molar refractivity (Wildman–Crippen MR) is 88.4 cm³/mol. The summed E-state index contributed by atoms with van der Waals surface area (Å²) >= 11 is 0. The second-order valence-electron chi connectivity index (χ2n) is 5.61. The normalized spacial score (nSPS) is 16.9. The van der Waals surface area contributed by atoms with Gasteiger partial charge in [-0.15, -0.1) is 0 Å². The molecule has 1 fully saturated rings. The van der Waals surface area contributed by atoms with E-state index in [-0.39, 0.29) is 17.1 Å². The highest BCUT2D eigenvalue weighted by Crippen LogP contribution is 2.29. The topological polar surface area (TPSA) is 108 Å². The van der Waals surface area contributed by atoms with E-state index in [2.05, 4.69) is 0 Å². The Morgan fingerprint density at radius 3 is 2.36 bits per heavy atom. The summed E-state index contributed by atoms with van der Waals surface area (Å²) in [5.74, 6) is -1.18. The minimum atomic E-state index is -0.740. The maximum absolute atomic E-state index is 12.4. The zero-order chi connectivity index (χ0) is 18.4. The predicted octanol–water partition coefficient (Wildman–Crippen LogP) is 0.727. The smallest absolute Gasteiger partial charge is 0.346 e. The molecule has 0 aromatic heterocycles. The summed E-state index contributed by atoms with van der Waals surface area (Å²) in [6.45, 7) is -0.0637. The van der Waals surface area contributed by atoms with Crippen LogP contribution in [0.25, 0.3) is 0 Å². The molecule has 0 bridgehead atoms. The van der Waals surface area contributed by atoms with Gasteiger partial charge in [-0.2, -0.15) is 0 Å². The molecule has 1 aliphatic rings. The number of methoxy groups -OCH3 is 2. The molecule has 0 radical (unpaired) electrons. The molecule has 8 heteroatoms. The molecule has 25 heavy (non-hydrogen) atoms. The van der Waals surface area contributed by atoms with E-state index in [9.17, 15) is 14.4 Å². The third kappa shape index (κ3) is 4.20. The lowest BCUT2D eigenvalue weighted by atomic mass is 10.0. The van der Waals surface area contributed by atoms with Crippen LogP contribution in [-0.2, 0) is 14.3 Å². The number of piperidine rings is 1. The standard InChI is InChI=1S/C17H22N2O6/c1-23-12-7-5-8-13(24-2)15(12)17(22)25-10-14(20)19-9-4-3-6-11(19)16(18)21/h5,7-8,11H,3-4,6,9-10H2,1-2H3,(H2,18,21)/t11-/m1/s1. The van der Waals surface area contributed by atoms with Crippen molar-refractivity contribution >= 4 is 17.8 Å². The van der Waals surface area contributed by atoms with E-state index in [1.54, 1.807) is 18.2 Å². The van der Waals surface area contributed by atoms with Gasteiger partial charge in [0.25, 0.3) is 5.91 Å². The Bertz CT molecular complexity index is 638. The van der Waals surface area contributed by atoms with Crippen LogP contribution in [0.1, 0.15) is 29.6 Å². The molecule has 1 saturated heterocycles. The molecule has 1 heterocycles. The van der Waals surface area contributed by atoms with Crippen molar-refractivity contribution in [3.63, 3.8) is 0 Å². The van der Waals surface area contributed by atoms with Crippen molar-refractivity contribution in [2.24, 2.45) is 5.73 Å². The van der Waals surface area contributed by atoms with Crippen LogP contribution in [0.15, 0.2) is 18.2 Å². The lowest BCUT2D eigenvalue weighted by Crippen LogP contribution is -2.51. The molecule has 1 aromatic carbocycles. The summed E-state index contributed by atoms with van der Waals surface area (Å²) in [5, 5.41) is 0. The van der Waals surface area contributed by atoms with E-state index >= 15 is 0 Å². The molecule has 0 saturated carbocycles. The maximum Gasteiger partial charge on any atom is 0.346 e. The maximum atomic E-state index is 12.4. The highest BCUT2D eigenvalue weighted by atomic mass is 16.5. The molecule has 1 aromatic rings. The number of ether oxygens (including phenoxy) is 3. The van der Waals surface area contributed by atoms with E-state index in [0.29, 0.717) is 13.0 Å². The third-order valence-electron chi connectivity index (χ3n) is 4.11. The first-order valence-electron chi connectivity index (χ1n) is 7.96. The van der Waals surface area contributed by atoms with E-state index in [1.807, 2.05) is 0 Å². The van der Waals surface area contributed by atoms with Crippen molar-refractivity contribution < 1.29 is 28.6 Å². The first-order valence-corrected chi connectivity index (χ1v) is 7.96. The number of carbonyl (C=O) groups excluding carboxylic acids is 3. The zero-order valence-corrected chi connectivity index (χ0v) is 14.3. The molecule has 2 amide bonds. The fourth-order valence-corrected chi connectivity index (χ4v) is 2.86. The summed E-state index contributed by atoms with van der Waals surface area (Å²) in [6, 6.07) is 4.20. The lowest BCUT2D eigenvalue weighted by Gasteiger charge is -2.33. The van der Waals surface area contributed by atoms with Crippen LogP contribution in [-0.4, -0.2) is 56.1 Å². The molecule has 0 spiro atoms. The van der Waals surface area contributed by atoms with Crippen LogP contribution in [0, 0.1) is 0 Å². The summed E-state index contributed by atoms with van der Waals surface area (Å²) < 4.78 is 15.4. The number of hydrogen-bond donors (Lipinski definition) is 1. The average Bonchev–Trinajstić information content (AvgIpc) is 2.64. The first-order chi connectivity index (χ1) is 12.0. The van der Waals surface area contributed by atoms with Gasteiger partial charge in [0.05, 0.1) is 14.2 Å². The van der Waals surface area contributed by atoms with Gasteiger partial charge in [-0.1, -0.05) is 6.07 Å². The Morgan fingerprint density at radius 2 is 1.80 bits per heavy atom. The number of nitrogens with two attached hydrogens (primary N) is 1. The van der Waals surface area contributed by atoms with E-state index < -0.39 is 30.4 Å². The molecule has 2 N–H and O–H groups in total. The number of benzene rings is 1. The van der Waals surface area contributed by atoms with E-state index in [4.69, 9.17) is 19.9 Å². The molecule has 1 aliphatic heterocycles. The van der Waals surface area contributed by atoms with E-state index in [1.165, 1.54) is 19.1 Å². The third-order valence-corrected chi connectivity index (χ3v) is 4.11. The SMILES string of the molecule is COc1cccc(OC)c1C(=O)OCC(=O)N1CCCC[C@@H]1C(N)=O. The van der Waals surface area contributed by atoms with Gasteiger partial charge in [0, 0.05) is 6.54 Å². The van der Waals surface area contributed by atoms with Crippen LogP contribution in [0.2, 0.25) is 0 Å². The van der Waals surface area contributed by atoms with Gasteiger partial charge in [0.1, 0.15) is 23.1 Å². The Morgan fingerprint density at radius 1 is 1.16 bits per heavy atom. The van der Waals surface area contributed by atoms with Crippen LogP contribution in [0.3, 0.4) is 0 Å². The van der Waals surface area contributed by atoms with Crippen LogP contribution >= 0.6 is 0 Å². The van der Waals surface area contributed by atoms with Crippen LogP contribution in [0.4, 0.5) is 0 Å². The zero-order valence-electron chi connectivity index (χ0n) is 14.3. The number of likely N-dealkylation sites (tertiary alicyclic amines) is 1. The number of nitrogens with zero attached hydrogens (tertiary/aromatic N) is 1. The minimum absolute atomic E-state index is 0.102. The van der Waals surface area contributed by atoms with Gasteiger partial charge in [-0.05, 0) is 31.4 Å². The fraction of sp³-hybridized carbons (Fsp3) is 0.471. The highest BCUT2D eigenvalue weighted by molar-refractivity contribution is 5.97. The lowest BCUT2D eigenvalue weighted by molar-refractivity contribution is -0.143. The summed E-state index contributed by atoms with van der Waals surface area (Å²) in [5.41, 5.74) is 5.45. The van der Waals surface area contributed by atoms with Crippen molar-refractivity contribution in [3.8, 4) is 11.5 Å². The molecule has 2 rings (SSSR count). The highest BCUT2D eigenvalue weighted by Gasteiger charge is 2.31. The first kappa shape index (κ1) is 18.6. The Kier molecular flexibility index (Phi) is 6.21. The summed E-state index contributed by atoms with van der Waals surface area (Å²) in [7, 11) is 2.84. The largest absolute Gasteiger partial charge is 0.496 e. The Labute approximate surface area is 145 Å². The van der Waals surface area contributed by atoms with Crippen molar-refractivity contribution in [1.82, 2.24) is 4.90 Å². The van der Waals surface area contributed by atoms with Crippen LogP contribution in [0.5, 0.6) is 11.5 Å². The molecular formula is C17H22N2O6. The number of esters is 1. The van der Waals surface area contributed by atoms with Crippen LogP contribution < -0.4 is 15.2 Å². The van der Waals surface area contributed by atoms with Crippen molar-refractivity contribution in [3.05, 3.63) is 23.8 Å². The van der Waals surface area contributed by atoms with E-state index in [0.717, 1.165) is 12.8 Å². The Balaban J connectivity index is 2.07. The van der Waals surface area contributed by atoms with Crippen molar-refractivity contribution in [2.45, 2.75) is 25.3 Å². The average molecular weight is 350 g/mol. The molecular weight excluding hydrogens is 328 g/mol. The van der Waals surface area contributed by atoms with Crippen molar-refractivity contribution in [2.75, 3.05) is 27.4 Å². The number of primary amides is 1. The molecule has 1 atom stereocenters. The number of amides is 2. The second kappa shape index (κ2) is 8.36. The second-order valence-corrected chi connectivity index (χ2v) is 5.61. The monoisotopic (exact) mass is 350 g/mol. The van der Waals surface area contributed by atoms with Gasteiger partial charge in [-0.3, -0.25) is 9.59 Å². The molecule has 0 unspecified atom stereocenters.